The van der Waals surface area contributed by atoms with Gasteiger partial charge in [0, 0.05) is 10.7 Å². The van der Waals surface area contributed by atoms with Crippen LogP contribution in [0, 0.1) is 0 Å². The number of ether oxygens (including phenoxy) is 1. The van der Waals surface area contributed by atoms with Crippen LogP contribution in [0.5, 0.6) is 5.75 Å². The van der Waals surface area contributed by atoms with Crippen molar-refractivity contribution in [2.45, 2.75) is 0 Å². The number of carbonyl (C=O) groups excluding carboxylic acids is 2. The van der Waals surface area contributed by atoms with Gasteiger partial charge in [-0.2, -0.15) is 0 Å². The number of para-hydroxylation sites is 1. The van der Waals surface area contributed by atoms with E-state index in [1.54, 1.807) is 42.5 Å². The zero-order valence-corrected chi connectivity index (χ0v) is 19.0. The van der Waals surface area contributed by atoms with Crippen molar-refractivity contribution in [2.75, 3.05) is 16.8 Å². The van der Waals surface area contributed by atoms with Crippen molar-refractivity contribution in [3.63, 3.8) is 0 Å². The first-order valence-electron chi connectivity index (χ1n) is 9.61. The number of halogens is 1. The summed E-state index contributed by atoms with van der Waals surface area (Å²) in [7, 11) is 0. The van der Waals surface area contributed by atoms with Gasteiger partial charge in [-0.25, -0.2) is 0 Å². The Bertz CT molecular complexity index is 1200. The second-order valence-corrected chi connectivity index (χ2v) is 8.88. The molecule has 4 rings (SSSR count). The van der Waals surface area contributed by atoms with Crippen LogP contribution in [0.15, 0.2) is 83.8 Å². The zero-order chi connectivity index (χ0) is 22.5. The first kappa shape index (κ1) is 22.1. The number of hydrogen-bond donors (Lipinski definition) is 1. The number of carbonyl (C=O) groups is 2. The third-order valence-electron chi connectivity index (χ3n) is 4.46. The molecule has 1 heterocycles. The molecule has 0 saturated carbocycles. The molecule has 3 aromatic rings. The molecule has 1 aliphatic rings. The molecule has 0 atom stereocenters. The predicted octanol–water partition coefficient (Wildman–Crippen LogP) is 5.76. The van der Waals surface area contributed by atoms with Crippen molar-refractivity contribution in [3.8, 4) is 5.75 Å². The summed E-state index contributed by atoms with van der Waals surface area (Å²) in [5, 5.41) is 3.27. The molecular weight excluding hydrogens is 464 g/mol. The van der Waals surface area contributed by atoms with E-state index in [0.717, 1.165) is 11.3 Å². The molecule has 0 spiro atoms. The van der Waals surface area contributed by atoms with E-state index in [0.29, 0.717) is 25.7 Å². The lowest BCUT2D eigenvalue weighted by Gasteiger charge is -2.13. The first-order valence-corrected chi connectivity index (χ1v) is 11.2. The van der Waals surface area contributed by atoms with Crippen LogP contribution < -0.4 is 15.0 Å². The maximum absolute atomic E-state index is 12.8. The van der Waals surface area contributed by atoms with Crippen LogP contribution in [0.25, 0.3) is 6.08 Å². The molecule has 8 heteroatoms. The van der Waals surface area contributed by atoms with Crippen molar-refractivity contribution in [1.82, 2.24) is 0 Å². The van der Waals surface area contributed by atoms with Gasteiger partial charge in [0.15, 0.2) is 10.9 Å². The second-order valence-electron chi connectivity index (χ2n) is 6.77. The Morgan fingerprint density at radius 2 is 1.81 bits per heavy atom. The summed E-state index contributed by atoms with van der Waals surface area (Å²) in [5.41, 5.74) is 2.18. The summed E-state index contributed by atoms with van der Waals surface area (Å²) in [6.07, 6.45) is 1.79. The SMILES string of the molecule is O=C(COc1ccc(/C=C2\SC(=S)N(c3ccccc3)C2=O)cc1)Nc1cccc(Cl)c1. The van der Waals surface area contributed by atoms with Gasteiger partial charge in [0.2, 0.25) is 0 Å². The number of rotatable bonds is 6. The van der Waals surface area contributed by atoms with Crippen molar-refractivity contribution < 1.29 is 14.3 Å². The highest BCUT2D eigenvalue weighted by atomic mass is 35.5. The third kappa shape index (κ3) is 5.37. The smallest absolute Gasteiger partial charge is 0.270 e. The van der Waals surface area contributed by atoms with Gasteiger partial charge in [-0.1, -0.05) is 72.0 Å². The van der Waals surface area contributed by atoms with E-state index in [1.807, 2.05) is 42.5 Å². The molecular formula is C24H17ClN2O3S2. The molecule has 3 aromatic carbocycles. The average Bonchev–Trinajstić information content (AvgIpc) is 3.06. The average molecular weight is 481 g/mol. The molecule has 32 heavy (non-hydrogen) atoms. The number of hydrogen-bond acceptors (Lipinski definition) is 5. The lowest BCUT2D eigenvalue weighted by molar-refractivity contribution is -0.118. The standard InChI is InChI=1S/C24H17ClN2O3S2/c25-17-5-4-6-18(14-17)26-22(28)15-30-20-11-9-16(10-12-20)13-21-23(29)27(24(31)32-21)19-7-2-1-3-8-19/h1-14H,15H2,(H,26,28)/b21-13-. The highest BCUT2D eigenvalue weighted by molar-refractivity contribution is 8.27. The van der Waals surface area contributed by atoms with Gasteiger partial charge in [-0.15, -0.1) is 0 Å². The van der Waals surface area contributed by atoms with Crippen LogP contribution in [-0.4, -0.2) is 22.7 Å². The van der Waals surface area contributed by atoms with Crippen LogP contribution in [0.2, 0.25) is 5.02 Å². The quantitative estimate of drug-likeness (QED) is 0.359. The maximum atomic E-state index is 12.8. The molecule has 5 nitrogen and oxygen atoms in total. The molecule has 1 N–H and O–H groups in total. The fourth-order valence-electron chi connectivity index (χ4n) is 2.99. The molecule has 0 aliphatic carbocycles. The van der Waals surface area contributed by atoms with Crippen LogP contribution >= 0.6 is 35.6 Å². The Hall–Kier alpha value is -3.13. The minimum absolute atomic E-state index is 0.137. The monoisotopic (exact) mass is 480 g/mol. The lowest BCUT2D eigenvalue weighted by Crippen LogP contribution is -2.27. The highest BCUT2D eigenvalue weighted by Gasteiger charge is 2.33. The van der Waals surface area contributed by atoms with E-state index in [1.165, 1.54) is 16.7 Å². The number of nitrogens with zero attached hydrogens (tertiary/aromatic N) is 1. The molecule has 1 fully saturated rings. The summed E-state index contributed by atoms with van der Waals surface area (Å²) in [4.78, 5) is 27.0. The van der Waals surface area contributed by atoms with Crippen molar-refractivity contribution in [2.24, 2.45) is 0 Å². The topological polar surface area (TPSA) is 58.6 Å². The molecule has 160 valence electrons. The van der Waals surface area contributed by atoms with E-state index < -0.39 is 0 Å². The molecule has 1 saturated heterocycles. The van der Waals surface area contributed by atoms with Gasteiger partial charge in [0.1, 0.15) is 5.75 Å². The molecule has 0 aromatic heterocycles. The van der Waals surface area contributed by atoms with Crippen molar-refractivity contribution in [3.05, 3.63) is 94.4 Å². The van der Waals surface area contributed by atoms with Gasteiger partial charge in [-0.3, -0.25) is 14.5 Å². The second kappa shape index (κ2) is 9.99. The van der Waals surface area contributed by atoms with Crippen LogP contribution in [-0.2, 0) is 9.59 Å². The van der Waals surface area contributed by atoms with E-state index in [9.17, 15) is 9.59 Å². The van der Waals surface area contributed by atoms with E-state index in [2.05, 4.69) is 5.32 Å². The number of amides is 2. The van der Waals surface area contributed by atoms with Gasteiger partial charge in [0.25, 0.3) is 11.8 Å². The zero-order valence-electron chi connectivity index (χ0n) is 16.7. The summed E-state index contributed by atoms with van der Waals surface area (Å²) in [6.45, 7) is -0.137. The molecule has 0 radical (unpaired) electrons. The third-order valence-corrected chi connectivity index (χ3v) is 6.00. The number of thiocarbonyl (C=S) groups is 1. The Morgan fingerprint density at radius 1 is 1.06 bits per heavy atom. The van der Waals surface area contributed by atoms with Gasteiger partial charge >= 0.3 is 0 Å². The van der Waals surface area contributed by atoms with E-state index >= 15 is 0 Å². The Kier molecular flexibility index (Phi) is 6.90. The maximum Gasteiger partial charge on any atom is 0.270 e. The fourth-order valence-corrected chi connectivity index (χ4v) is 4.48. The molecule has 2 amide bonds. The Labute approximate surface area is 200 Å². The van der Waals surface area contributed by atoms with E-state index in [4.69, 9.17) is 28.6 Å². The van der Waals surface area contributed by atoms with Crippen molar-refractivity contribution in [1.29, 1.82) is 0 Å². The van der Waals surface area contributed by atoms with Crippen LogP contribution in [0.4, 0.5) is 11.4 Å². The van der Waals surface area contributed by atoms with E-state index in [-0.39, 0.29) is 18.4 Å². The Balaban J connectivity index is 1.36. The number of thioether (sulfide) groups is 1. The predicted molar refractivity (Wildman–Crippen MR) is 134 cm³/mol. The fraction of sp³-hybridized carbons (Fsp3) is 0.0417. The summed E-state index contributed by atoms with van der Waals surface area (Å²) < 4.78 is 6.04. The van der Waals surface area contributed by atoms with Gasteiger partial charge in [-0.05, 0) is 54.1 Å². The largest absolute Gasteiger partial charge is 0.484 e. The first-order chi connectivity index (χ1) is 15.5. The molecule has 0 bridgehead atoms. The van der Waals surface area contributed by atoms with Gasteiger partial charge < -0.3 is 10.1 Å². The van der Waals surface area contributed by atoms with Crippen LogP contribution in [0.3, 0.4) is 0 Å². The Morgan fingerprint density at radius 3 is 2.53 bits per heavy atom. The normalized spacial score (nSPS) is 14.7. The molecule has 0 unspecified atom stereocenters. The molecule has 1 aliphatic heterocycles. The minimum Gasteiger partial charge on any atom is -0.484 e. The summed E-state index contributed by atoms with van der Waals surface area (Å²) >= 11 is 12.6. The van der Waals surface area contributed by atoms with Crippen LogP contribution in [0.1, 0.15) is 5.56 Å². The lowest BCUT2D eigenvalue weighted by atomic mass is 10.2. The summed E-state index contributed by atoms with van der Waals surface area (Å²) in [5.74, 6) is 0.102. The number of benzene rings is 3. The number of anilines is 2. The summed E-state index contributed by atoms with van der Waals surface area (Å²) in [6, 6.07) is 23.3. The highest BCUT2D eigenvalue weighted by Crippen LogP contribution is 2.36. The van der Waals surface area contributed by atoms with Crippen molar-refractivity contribution >= 4 is 69.2 Å². The minimum atomic E-state index is -0.291. The number of nitrogens with one attached hydrogen (secondary N) is 1. The van der Waals surface area contributed by atoms with Gasteiger partial charge in [0.05, 0.1) is 10.6 Å².